The van der Waals surface area contributed by atoms with E-state index in [1.165, 1.54) is 15.9 Å². The van der Waals surface area contributed by atoms with Crippen molar-refractivity contribution in [1.82, 2.24) is 14.9 Å². The highest BCUT2D eigenvalue weighted by Crippen LogP contribution is 2.45. The summed E-state index contributed by atoms with van der Waals surface area (Å²) in [5, 5.41) is 3.16. The molecule has 1 aromatic heterocycles. The number of fused-ring (bicyclic) bond motifs is 2. The Labute approximate surface area is 226 Å². The molecule has 12 heteroatoms. The van der Waals surface area contributed by atoms with Crippen LogP contribution in [0.5, 0.6) is 11.5 Å². The number of hydrogen-bond donors (Lipinski definition) is 1. The molecular weight excluding hydrogens is 559 g/mol. The van der Waals surface area contributed by atoms with E-state index >= 15 is 0 Å². The number of para-hydroxylation sites is 1. The minimum atomic E-state index is -0.766. The maximum absolute atomic E-state index is 14.6. The van der Waals surface area contributed by atoms with Crippen LogP contribution >= 0.6 is 15.9 Å². The first kappa shape index (κ1) is 24.4. The van der Waals surface area contributed by atoms with Crippen LogP contribution in [0, 0.1) is 5.82 Å². The summed E-state index contributed by atoms with van der Waals surface area (Å²) in [7, 11) is 1.59. The molecule has 3 amide bonds. The second-order valence-electron chi connectivity index (χ2n) is 9.45. The van der Waals surface area contributed by atoms with Gasteiger partial charge in [-0.2, -0.15) is 4.98 Å². The molecule has 0 aliphatic carbocycles. The molecule has 196 valence electrons. The number of hydrogen-bond acceptors (Lipinski definition) is 7. The van der Waals surface area contributed by atoms with Crippen molar-refractivity contribution in [2.24, 2.45) is 0 Å². The lowest BCUT2D eigenvalue weighted by Crippen LogP contribution is -2.50. The SMILES string of the molecule is CC(=O)N1CCC2(CC1)Oc1ccc(Nc3ncc4c(n3)N(C)C(=O)N(c3c(F)cccc3Br)C4)cc1O2. The van der Waals surface area contributed by atoms with Gasteiger partial charge in [0.25, 0.3) is 5.79 Å². The number of anilines is 4. The van der Waals surface area contributed by atoms with Crippen molar-refractivity contribution in [3.63, 3.8) is 0 Å². The summed E-state index contributed by atoms with van der Waals surface area (Å²) >= 11 is 3.34. The molecule has 4 heterocycles. The number of rotatable bonds is 3. The maximum Gasteiger partial charge on any atom is 0.330 e. The number of ether oxygens (including phenoxy) is 2. The molecule has 1 saturated heterocycles. The number of piperidine rings is 1. The fourth-order valence-corrected chi connectivity index (χ4v) is 5.51. The van der Waals surface area contributed by atoms with Gasteiger partial charge in [0.1, 0.15) is 11.6 Å². The smallest absolute Gasteiger partial charge is 0.330 e. The Kier molecular flexibility index (Phi) is 5.86. The Bertz CT molecular complexity index is 1440. The fourth-order valence-electron chi connectivity index (χ4n) is 4.96. The monoisotopic (exact) mass is 582 g/mol. The summed E-state index contributed by atoms with van der Waals surface area (Å²) in [6.45, 7) is 2.85. The fraction of sp³-hybridized carbons (Fsp3) is 0.308. The summed E-state index contributed by atoms with van der Waals surface area (Å²) < 4.78 is 27.4. The molecule has 0 bridgehead atoms. The third-order valence-electron chi connectivity index (χ3n) is 6.98. The number of likely N-dealkylation sites (tertiary alicyclic amines) is 1. The maximum atomic E-state index is 14.6. The van der Waals surface area contributed by atoms with E-state index in [1.807, 2.05) is 18.2 Å². The van der Waals surface area contributed by atoms with Gasteiger partial charge in [0.05, 0.1) is 12.2 Å². The van der Waals surface area contributed by atoms with E-state index in [-0.39, 0.29) is 18.1 Å². The second kappa shape index (κ2) is 9.12. The highest BCUT2D eigenvalue weighted by molar-refractivity contribution is 9.10. The number of urea groups is 1. The Balaban J connectivity index is 1.19. The van der Waals surface area contributed by atoms with E-state index in [0.717, 1.165) is 0 Å². The van der Waals surface area contributed by atoms with Gasteiger partial charge < -0.3 is 19.7 Å². The molecule has 0 atom stereocenters. The summed E-state index contributed by atoms with van der Waals surface area (Å²) in [6, 6.07) is 9.64. The van der Waals surface area contributed by atoms with E-state index < -0.39 is 17.6 Å². The van der Waals surface area contributed by atoms with Crippen LogP contribution < -0.4 is 24.6 Å². The van der Waals surface area contributed by atoms with Crippen LogP contribution in [0.25, 0.3) is 0 Å². The van der Waals surface area contributed by atoms with Gasteiger partial charge in [-0.1, -0.05) is 6.07 Å². The van der Waals surface area contributed by atoms with E-state index in [4.69, 9.17) is 9.47 Å². The molecule has 6 rings (SSSR count). The molecule has 1 N–H and O–H groups in total. The minimum absolute atomic E-state index is 0.0482. The molecule has 2 aromatic carbocycles. The quantitative estimate of drug-likeness (QED) is 0.473. The van der Waals surface area contributed by atoms with E-state index in [0.29, 0.717) is 64.9 Å². The Morgan fingerprint density at radius 3 is 2.66 bits per heavy atom. The molecule has 3 aromatic rings. The first-order valence-electron chi connectivity index (χ1n) is 12.1. The van der Waals surface area contributed by atoms with E-state index in [2.05, 4.69) is 31.2 Å². The summed E-state index contributed by atoms with van der Waals surface area (Å²) in [5.41, 5.74) is 1.53. The number of nitrogens with zero attached hydrogens (tertiary/aromatic N) is 5. The molecule has 1 fully saturated rings. The third kappa shape index (κ3) is 4.18. The molecule has 1 spiro atoms. The highest BCUT2D eigenvalue weighted by Gasteiger charge is 2.44. The van der Waals surface area contributed by atoms with Gasteiger partial charge in [-0.05, 0) is 40.2 Å². The first-order valence-corrected chi connectivity index (χ1v) is 12.9. The number of benzene rings is 2. The lowest BCUT2D eigenvalue weighted by molar-refractivity contribution is -0.144. The van der Waals surface area contributed by atoms with Crippen LogP contribution in [-0.2, 0) is 11.3 Å². The van der Waals surface area contributed by atoms with Gasteiger partial charge in [0.2, 0.25) is 11.9 Å². The molecule has 3 aliphatic heterocycles. The predicted octanol–water partition coefficient (Wildman–Crippen LogP) is 4.81. The van der Waals surface area contributed by atoms with Crippen molar-refractivity contribution in [3.05, 3.63) is 58.4 Å². The largest absolute Gasteiger partial charge is 0.448 e. The van der Waals surface area contributed by atoms with Crippen LogP contribution in [-0.4, -0.2) is 52.7 Å². The zero-order chi connectivity index (χ0) is 26.6. The average Bonchev–Trinajstić information content (AvgIpc) is 3.24. The summed E-state index contributed by atoms with van der Waals surface area (Å²) in [6.07, 6.45) is 2.79. The zero-order valence-electron chi connectivity index (χ0n) is 20.7. The van der Waals surface area contributed by atoms with Crippen molar-refractivity contribution in [2.45, 2.75) is 32.1 Å². The van der Waals surface area contributed by atoms with Crippen LogP contribution in [0.4, 0.5) is 32.3 Å². The molecule has 0 unspecified atom stereocenters. The number of amides is 3. The van der Waals surface area contributed by atoms with Crippen molar-refractivity contribution in [3.8, 4) is 11.5 Å². The van der Waals surface area contributed by atoms with Crippen LogP contribution in [0.1, 0.15) is 25.3 Å². The molecule has 0 radical (unpaired) electrons. The van der Waals surface area contributed by atoms with Crippen LogP contribution in [0.3, 0.4) is 0 Å². The molecule has 10 nitrogen and oxygen atoms in total. The normalized spacial score (nSPS) is 17.6. The predicted molar refractivity (Wildman–Crippen MR) is 141 cm³/mol. The highest BCUT2D eigenvalue weighted by atomic mass is 79.9. The lowest BCUT2D eigenvalue weighted by atomic mass is 10.0. The van der Waals surface area contributed by atoms with Gasteiger partial charge >= 0.3 is 6.03 Å². The third-order valence-corrected chi connectivity index (χ3v) is 7.62. The Morgan fingerprint density at radius 1 is 1.16 bits per heavy atom. The molecule has 38 heavy (non-hydrogen) atoms. The number of carbonyl (C=O) groups is 2. The molecule has 3 aliphatic rings. The van der Waals surface area contributed by atoms with Gasteiger partial charge in [0.15, 0.2) is 11.5 Å². The Morgan fingerprint density at radius 2 is 1.92 bits per heavy atom. The first-order chi connectivity index (χ1) is 18.2. The zero-order valence-corrected chi connectivity index (χ0v) is 22.3. The van der Waals surface area contributed by atoms with Gasteiger partial charge in [-0.25, -0.2) is 14.2 Å². The van der Waals surface area contributed by atoms with Crippen LogP contribution in [0.15, 0.2) is 47.1 Å². The van der Waals surface area contributed by atoms with Crippen LogP contribution in [0.2, 0.25) is 0 Å². The second-order valence-corrected chi connectivity index (χ2v) is 10.3. The number of halogens is 2. The number of nitrogens with one attached hydrogen (secondary N) is 1. The van der Waals surface area contributed by atoms with E-state index in [1.54, 1.807) is 37.2 Å². The number of aromatic nitrogens is 2. The standard InChI is InChI=1S/C26H24BrFN6O4/c1-15(35)33-10-8-26(9-11-33)37-20-7-6-17(12-21(20)38-26)30-24-29-13-16-14-34(25(36)32(2)23(16)31-24)22-18(27)4-3-5-19(22)28/h3-7,12-13H,8-11,14H2,1-2H3,(H,29,30,31). The molecular formula is C26H24BrFN6O4. The molecule has 0 saturated carbocycles. The average molecular weight is 583 g/mol. The van der Waals surface area contributed by atoms with Crippen molar-refractivity contribution in [1.29, 1.82) is 0 Å². The van der Waals surface area contributed by atoms with Gasteiger partial charge in [0, 0.05) is 67.9 Å². The number of carbonyl (C=O) groups excluding carboxylic acids is 2. The minimum Gasteiger partial charge on any atom is -0.448 e. The van der Waals surface area contributed by atoms with Gasteiger partial charge in [-0.3, -0.25) is 14.6 Å². The lowest BCUT2D eigenvalue weighted by Gasteiger charge is -2.36. The van der Waals surface area contributed by atoms with Crippen molar-refractivity contribution >= 4 is 51.0 Å². The van der Waals surface area contributed by atoms with Gasteiger partial charge in [-0.15, -0.1) is 0 Å². The topological polar surface area (TPSA) is 100 Å². The summed E-state index contributed by atoms with van der Waals surface area (Å²) in [5.74, 6) is 0.757. The van der Waals surface area contributed by atoms with Crippen molar-refractivity contribution in [2.75, 3.05) is 35.3 Å². The van der Waals surface area contributed by atoms with E-state index in [9.17, 15) is 14.0 Å². The summed E-state index contributed by atoms with van der Waals surface area (Å²) in [4.78, 5) is 38.3. The Hall–Kier alpha value is -3.93. The van der Waals surface area contributed by atoms with Crippen molar-refractivity contribution < 1.29 is 23.5 Å².